The Hall–Kier alpha value is -2.36. The first-order valence-corrected chi connectivity index (χ1v) is 7.08. The van der Waals surface area contributed by atoms with E-state index in [2.05, 4.69) is 4.98 Å². The molecule has 1 aliphatic rings. The summed E-state index contributed by atoms with van der Waals surface area (Å²) in [7, 11) is 0. The number of carbonyl (C=O) groups is 1. The second kappa shape index (κ2) is 6.18. The molecule has 0 atom stereocenters. The van der Waals surface area contributed by atoms with Crippen LogP contribution in [0.1, 0.15) is 26.5 Å². The lowest BCUT2D eigenvalue weighted by Gasteiger charge is -2.36. The van der Waals surface area contributed by atoms with E-state index in [0.29, 0.717) is 31.9 Å². The molecular formula is C15H19FN4O2. The topological polar surface area (TPSA) is 69.5 Å². The zero-order valence-corrected chi connectivity index (χ0v) is 13.0. The van der Waals surface area contributed by atoms with Crippen LogP contribution in [0.15, 0.2) is 12.3 Å². The zero-order chi connectivity index (χ0) is 16.3. The highest BCUT2D eigenvalue weighted by molar-refractivity contribution is 5.68. The standard InChI is InChI=1S/C15H19FN4O2/c1-15(2,3)22-14(21)20-6-4-19(5-7-20)11-8-12(16)13(9-17)18-10-11/h8,10H,4-7H2,1-3H3. The van der Waals surface area contributed by atoms with Gasteiger partial charge in [-0.2, -0.15) is 5.26 Å². The number of amides is 1. The molecule has 0 bridgehead atoms. The van der Waals surface area contributed by atoms with Crippen LogP contribution in [0, 0.1) is 17.1 Å². The third kappa shape index (κ3) is 3.85. The lowest BCUT2D eigenvalue weighted by Crippen LogP contribution is -2.50. The molecule has 0 unspecified atom stereocenters. The number of nitrogens with zero attached hydrogens (tertiary/aromatic N) is 4. The summed E-state index contributed by atoms with van der Waals surface area (Å²) in [5.74, 6) is -0.630. The largest absolute Gasteiger partial charge is 0.444 e. The van der Waals surface area contributed by atoms with Gasteiger partial charge in [-0.15, -0.1) is 0 Å². The molecule has 0 spiro atoms. The average Bonchev–Trinajstić information content (AvgIpc) is 2.45. The molecule has 7 heteroatoms. The van der Waals surface area contributed by atoms with Gasteiger partial charge < -0.3 is 14.5 Å². The predicted molar refractivity (Wildman–Crippen MR) is 78.9 cm³/mol. The van der Waals surface area contributed by atoms with Gasteiger partial charge in [-0.05, 0) is 20.8 Å². The Morgan fingerprint density at radius 3 is 2.50 bits per heavy atom. The normalized spacial score (nSPS) is 15.4. The van der Waals surface area contributed by atoms with E-state index in [0.717, 1.165) is 0 Å². The van der Waals surface area contributed by atoms with Gasteiger partial charge in [0, 0.05) is 32.2 Å². The van der Waals surface area contributed by atoms with Crippen LogP contribution >= 0.6 is 0 Å². The minimum Gasteiger partial charge on any atom is -0.444 e. The van der Waals surface area contributed by atoms with Gasteiger partial charge in [0.25, 0.3) is 0 Å². The summed E-state index contributed by atoms with van der Waals surface area (Å²) in [6.07, 6.45) is 1.14. The number of nitriles is 1. The summed E-state index contributed by atoms with van der Waals surface area (Å²) in [4.78, 5) is 19.3. The molecule has 6 nitrogen and oxygen atoms in total. The van der Waals surface area contributed by atoms with Gasteiger partial charge in [0.05, 0.1) is 11.9 Å². The lowest BCUT2D eigenvalue weighted by molar-refractivity contribution is 0.0240. The molecular weight excluding hydrogens is 287 g/mol. The molecule has 0 saturated carbocycles. The van der Waals surface area contributed by atoms with Gasteiger partial charge in [0.2, 0.25) is 0 Å². The zero-order valence-electron chi connectivity index (χ0n) is 13.0. The van der Waals surface area contributed by atoms with Crippen molar-refractivity contribution in [2.24, 2.45) is 0 Å². The van der Waals surface area contributed by atoms with Crippen molar-refractivity contribution in [3.63, 3.8) is 0 Å². The number of hydrogen-bond acceptors (Lipinski definition) is 5. The van der Waals surface area contributed by atoms with Gasteiger partial charge in [-0.1, -0.05) is 0 Å². The number of piperazine rings is 1. The SMILES string of the molecule is CC(C)(C)OC(=O)N1CCN(c2cnc(C#N)c(F)c2)CC1. The first-order valence-electron chi connectivity index (χ1n) is 7.08. The van der Waals surface area contributed by atoms with Crippen LogP contribution in [0.4, 0.5) is 14.9 Å². The smallest absolute Gasteiger partial charge is 0.410 e. The predicted octanol–water partition coefficient (Wildman–Crippen LogP) is 2.15. The molecule has 22 heavy (non-hydrogen) atoms. The van der Waals surface area contributed by atoms with Crippen LogP contribution in [-0.4, -0.2) is 47.8 Å². The van der Waals surface area contributed by atoms with Gasteiger partial charge in [0.1, 0.15) is 11.7 Å². The van der Waals surface area contributed by atoms with E-state index in [1.54, 1.807) is 11.0 Å². The van der Waals surface area contributed by atoms with Crippen molar-refractivity contribution in [2.45, 2.75) is 26.4 Å². The molecule has 1 aliphatic heterocycles. The summed E-state index contributed by atoms with van der Waals surface area (Å²) >= 11 is 0. The van der Waals surface area contributed by atoms with Crippen molar-refractivity contribution in [3.8, 4) is 6.07 Å². The van der Waals surface area contributed by atoms with Crippen molar-refractivity contribution < 1.29 is 13.9 Å². The van der Waals surface area contributed by atoms with E-state index < -0.39 is 11.4 Å². The number of rotatable bonds is 1. The fourth-order valence-electron chi connectivity index (χ4n) is 2.16. The Balaban J connectivity index is 1.96. The molecule has 1 aromatic heterocycles. The lowest BCUT2D eigenvalue weighted by atomic mass is 10.2. The summed E-state index contributed by atoms with van der Waals surface area (Å²) in [5.41, 5.74) is -0.120. The number of hydrogen-bond donors (Lipinski definition) is 0. The van der Waals surface area contributed by atoms with Crippen LogP contribution in [0.5, 0.6) is 0 Å². The Bertz CT molecular complexity index is 599. The van der Waals surface area contributed by atoms with Crippen molar-refractivity contribution >= 4 is 11.8 Å². The summed E-state index contributed by atoms with van der Waals surface area (Å²) in [5, 5.41) is 8.68. The van der Waals surface area contributed by atoms with E-state index >= 15 is 0 Å². The van der Waals surface area contributed by atoms with Crippen molar-refractivity contribution in [1.29, 1.82) is 5.26 Å². The fourth-order valence-corrected chi connectivity index (χ4v) is 2.16. The summed E-state index contributed by atoms with van der Waals surface area (Å²) < 4.78 is 18.9. The van der Waals surface area contributed by atoms with Crippen molar-refractivity contribution in [3.05, 3.63) is 23.8 Å². The fraction of sp³-hybridized carbons (Fsp3) is 0.533. The molecule has 0 aliphatic carbocycles. The van der Waals surface area contributed by atoms with Crippen LogP contribution in [-0.2, 0) is 4.74 Å². The average molecular weight is 306 g/mol. The minimum atomic E-state index is -0.630. The summed E-state index contributed by atoms with van der Waals surface area (Å²) in [6.45, 7) is 7.59. The Morgan fingerprint density at radius 1 is 1.36 bits per heavy atom. The highest BCUT2D eigenvalue weighted by Crippen LogP contribution is 2.19. The van der Waals surface area contributed by atoms with Gasteiger partial charge in [-0.25, -0.2) is 14.2 Å². The maximum Gasteiger partial charge on any atom is 0.410 e. The van der Waals surface area contributed by atoms with Gasteiger partial charge >= 0.3 is 6.09 Å². The van der Waals surface area contributed by atoms with Gasteiger partial charge in [0.15, 0.2) is 11.5 Å². The van der Waals surface area contributed by atoms with E-state index in [-0.39, 0.29) is 11.8 Å². The minimum absolute atomic E-state index is 0.212. The molecule has 0 aromatic carbocycles. The highest BCUT2D eigenvalue weighted by Gasteiger charge is 2.26. The Labute approximate surface area is 129 Å². The van der Waals surface area contributed by atoms with E-state index in [1.165, 1.54) is 12.3 Å². The van der Waals surface area contributed by atoms with E-state index in [4.69, 9.17) is 10.00 Å². The third-order valence-corrected chi connectivity index (χ3v) is 3.23. The maximum absolute atomic E-state index is 13.6. The number of carbonyl (C=O) groups excluding carboxylic acids is 1. The molecule has 1 saturated heterocycles. The molecule has 1 fully saturated rings. The van der Waals surface area contributed by atoms with Crippen LogP contribution < -0.4 is 4.90 Å². The second-order valence-corrected chi connectivity index (χ2v) is 6.09. The monoisotopic (exact) mass is 306 g/mol. The number of aromatic nitrogens is 1. The summed E-state index contributed by atoms with van der Waals surface area (Å²) in [6, 6.07) is 3.00. The molecule has 118 valence electrons. The first-order chi connectivity index (χ1) is 10.3. The second-order valence-electron chi connectivity index (χ2n) is 6.09. The Morgan fingerprint density at radius 2 is 2.00 bits per heavy atom. The van der Waals surface area contributed by atoms with Crippen molar-refractivity contribution in [1.82, 2.24) is 9.88 Å². The molecule has 2 rings (SSSR count). The Kier molecular flexibility index (Phi) is 4.50. The highest BCUT2D eigenvalue weighted by atomic mass is 19.1. The number of anilines is 1. The maximum atomic E-state index is 13.6. The first kappa shape index (κ1) is 16.0. The van der Waals surface area contributed by atoms with Crippen LogP contribution in [0.3, 0.4) is 0 Å². The molecule has 0 radical (unpaired) electrons. The molecule has 0 N–H and O–H groups in total. The van der Waals surface area contributed by atoms with Crippen LogP contribution in [0.2, 0.25) is 0 Å². The van der Waals surface area contributed by atoms with Gasteiger partial charge in [-0.3, -0.25) is 0 Å². The van der Waals surface area contributed by atoms with Crippen molar-refractivity contribution in [2.75, 3.05) is 31.1 Å². The number of ether oxygens (including phenoxy) is 1. The molecule has 2 heterocycles. The molecule has 1 amide bonds. The number of pyridine rings is 1. The molecule has 1 aromatic rings. The van der Waals surface area contributed by atoms with E-state index in [1.807, 2.05) is 25.7 Å². The third-order valence-electron chi connectivity index (χ3n) is 3.23. The quantitative estimate of drug-likeness (QED) is 0.795. The van der Waals surface area contributed by atoms with E-state index in [9.17, 15) is 9.18 Å². The van der Waals surface area contributed by atoms with Crippen LogP contribution in [0.25, 0.3) is 0 Å². The number of halogens is 1.